The summed E-state index contributed by atoms with van der Waals surface area (Å²) in [6.45, 7) is 4.00. The van der Waals surface area contributed by atoms with Crippen LogP contribution in [-0.4, -0.2) is 18.0 Å². The Hall–Kier alpha value is -1.60. The van der Waals surface area contributed by atoms with E-state index in [1.165, 1.54) is 0 Å². The minimum absolute atomic E-state index is 0. The summed E-state index contributed by atoms with van der Waals surface area (Å²) in [7, 11) is -2.14. The van der Waals surface area contributed by atoms with Gasteiger partial charge in [0.25, 0.3) is 10.0 Å². The normalized spacial score (nSPS) is 11.0. The Bertz CT molecular complexity index is 984. The lowest BCUT2D eigenvalue weighted by molar-refractivity contribution is 0.589. The van der Waals surface area contributed by atoms with E-state index in [0.29, 0.717) is 5.56 Å². The van der Waals surface area contributed by atoms with E-state index in [1.807, 2.05) is 26.0 Å². The summed E-state index contributed by atoms with van der Waals surface area (Å²) in [4.78, 5) is 4.00. The molecule has 1 aromatic carbocycles. The Balaban J connectivity index is 0.00000144. The Kier molecular flexibility index (Phi) is 6.05. The summed E-state index contributed by atoms with van der Waals surface area (Å²) < 4.78 is 26.0. The molecule has 0 aliphatic carbocycles. The topological polar surface area (TPSA) is 78.0 Å². The maximum atomic E-state index is 12.2. The fourth-order valence-electron chi connectivity index (χ4n) is 2.90. The largest absolute Gasteiger partial charge is 0.333 e. The van der Waals surface area contributed by atoms with Crippen LogP contribution in [0.25, 0.3) is 22.0 Å². The molecule has 0 spiro atoms. The number of primary sulfonamides is 1. The smallest absolute Gasteiger partial charge is 0.254 e. The summed E-state index contributed by atoms with van der Waals surface area (Å²) in [5, 5.41) is 6.53. The summed E-state index contributed by atoms with van der Waals surface area (Å²) >= 11 is 0. The zero-order chi connectivity index (χ0) is 16.1. The zero-order valence-electron chi connectivity index (χ0n) is 13.5. The first-order valence-corrected chi connectivity index (χ1v) is 8.39. The molecule has 0 saturated heterocycles. The van der Waals surface area contributed by atoms with Gasteiger partial charge in [0.05, 0.1) is 0 Å². The molecule has 2 aromatic heterocycles. The molecule has 0 bridgehead atoms. The van der Waals surface area contributed by atoms with Crippen molar-refractivity contribution in [2.24, 2.45) is 12.2 Å². The molecule has 3 rings (SSSR count). The Morgan fingerprint density at radius 3 is 2.17 bits per heavy atom. The van der Waals surface area contributed by atoms with E-state index in [0.717, 1.165) is 27.6 Å². The lowest BCUT2D eigenvalue weighted by atomic mass is 9.99. The van der Waals surface area contributed by atoms with Gasteiger partial charge >= 0.3 is 0 Å². The third-order valence-electron chi connectivity index (χ3n) is 4.08. The molecular weight excluding hydrogens is 369 g/mol. The summed E-state index contributed by atoms with van der Waals surface area (Å²) in [5.41, 5.74) is 4.44. The maximum absolute atomic E-state index is 12.2. The zero-order valence-corrected chi connectivity index (χ0v) is 15.9. The van der Waals surface area contributed by atoms with Crippen molar-refractivity contribution in [2.45, 2.75) is 18.9 Å². The van der Waals surface area contributed by atoms with Crippen LogP contribution in [0, 0.1) is 13.8 Å². The molecule has 8 heteroatoms. The number of hydrogen-bond acceptors (Lipinski definition) is 3. The van der Waals surface area contributed by atoms with Crippen LogP contribution in [0.5, 0.6) is 0 Å². The van der Waals surface area contributed by atoms with E-state index < -0.39 is 10.0 Å². The first kappa shape index (κ1) is 20.4. The van der Waals surface area contributed by atoms with Gasteiger partial charge in [0.15, 0.2) is 5.03 Å². The highest BCUT2D eigenvalue weighted by atomic mass is 35.5. The summed E-state index contributed by atoms with van der Waals surface area (Å²) in [5.74, 6) is 0. The highest BCUT2D eigenvalue weighted by molar-refractivity contribution is 7.89. The fraction of sp³-hybridized carbons (Fsp3) is 0.188. The lowest BCUT2D eigenvalue weighted by Gasteiger charge is -2.06. The average Bonchev–Trinajstić information content (AvgIpc) is 2.77. The number of sulfonamides is 1. The highest BCUT2D eigenvalue weighted by Crippen LogP contribution is 2.38. The van der Waals surface area contributed by atoms with Crippen LogP contribution in [0.3, 0.4) is 0 Å². The van der Waals surface area contributed by atoms with Gasteiger partial charge < -0.3 is 4.57 Å². The monoisotopic (exact) mass is 387 g/mol. The van der Waals surface area contributed by atoms with Gasteiger partial charge in [0, 0.05) is 35.9 Å². The van der Waals surface area contributed by atoms with Crippen molar-refractivity contribution in [2.75, 3.05) is 0 Å². The van der Waals surface area contributed by atoms with Crippen molar-refractivity contribution in [3.8, 4) is 11.1 Å². The first-order valence-electron chi connectivity index (χ1n) is 6.84. The van der Waals surface area contributed by atoms with Crippen LogP contribution in [0.2, 0.25) is 0 Å². The number of pyridine rings is 1. The third kappa shape index (κ3) is 3.15. The number of fused-ring (bicyclic) bond motifs is 1. The van der Waals surface area contributed by atoms with E-state index in [1.54, 1.807) is 36.1 Å². The molecule has 0 fully saturated rings. The number of halogens is 2. The molecule has 0 saturated carbocycles. The van der Waals surface area contributed by atoms with Gasteiger partial charge in [0.1, 0.15) is 0 Å². The van der Waals surface area contributed by atoms with Crippen LogP contribution < -0.4 is 5.14 Å². The van der Waals surface area contributed by atoms with Crippen LogP contribution in [-0.2, 0) is 17.1 Å². The second-order valence-electron chi connectivity index (χ2n) is 5.42. The van der Waals surface area contributed by atoms with E-state index >= 15 is 0 Å². The Morgan fingerprint density at radius 1 is 1.04 bits per heavy atom. The minimum Gasteiger partial charge on any atom is -0.333 e. The molecular formula is C16H19Cl2N3O2S. The molecule has 5 nitrogen and oxygen atoms in total. The molecule has 24 heavy (non-hydrogen) atoms. The van der Waals surface area contributed by atoms with Gasteiger partial charge in [-0.2, -0.15) is 0 Å². The molecule has 2 N–H and O–H groups in total. The number of rotatable bonds is 2. The van der Waals surface area contributed by atoms with E-state index in [4.69, 9.17) is 5.14 Å². The van der Waals surface area contributed by atoms with E-state index in [2.05, 4.69) is 4.98 Å². The Morgan fingerprint density at radius 2 is 1.62 bits per heavy atom. The molecule has 3 aromatic rings. The van der Waals surface area contributed by atoms with Gasteiger partial charge in [-0.15, -0.1) is 24.8 Å². The highest BCUT2D eigenvalue weighted by Gasteiger charge is 2.25. The van der Waals surface area contributed by atoms with Crippen molar-refractivity contribution < 1.29 is 8.42 Å². The number of nitrogens with two attached hydrogens (primary N) is 1. The number of aromatic nitrogens is 2. The molecule has 0 unspecified atom stereocenters. The molecule has 0 radical (unpaired) electrons. The number of hydrogen-bond donors (Lipinski definition) is 1. The maximum Gasteiger partial charge on any atom is 0.254 e. The van der Waals surface area contributed by atoms with Crippen molar-refractivity contribution in [1.29, 1.82) is 0 Å². The second kappa shape index (κ2) is 7.11. The molecule has 130 valence electrons. The van der Waals surface area contributed by atoms with Crippen molar-refractivity contribution in [1.82, 2.24) is 9.55 Å². The van der Waals surface area contributed by atoms with Gasteiger partial charge in [-0.1, -0.05) is 6.07 Å². The second-order valence-corrected chi connectivity index (χ2v) is 6.90. The standard InChI is InChI=1S/C16H17N3O2S.2ClH/c1-10-4-5-13-14(11(10)2)15(12-6-8-18-9-7-12)16(19(13)3)22(17,20)21;;/h4-9H,1-3H3,(H2,17,20,21);2*1H. The van der Waals surface area contributed by atoms with Gasteiger partial charge in [0.2, 0.25) is 0 Å². The van der Waals surface area contributed by atoms with Gasteiger partial charge in [-0.3, -0.25) is 4.98 Å². The average molecular weight is 388 g/mol. The minimum atomic E-state index is -3.86. The number of aryl methyl sites for hydroxylation is 3. The van der Waals surface area contributed by atoms with Crippen LogP contribution in [0.15, 0.2) is 41.7 Å². The first-order chi connectivity index (χ1) is 10.3. The number of benzene rings is 1. The van der Waals surface area contributed by atoms with Crippen molar-refractivity contribution in [3.63, 3.8) is 0 Å². The Labute approximate surface area is 153 Å². The number of nitrogens with zero attached hydrogens (tertiary/aromatic N) is 2. The van der Waals surface area contributed by atoms with Crippen LogP contribution >= 0.6 is 24.8 Å². The van der Waals surface area contributed by atoms with Crippen LogP contribution in [0.4, 0.5) is 0 Å². The molecule has 0 atom stereocenters. The van der Waals surface area contributed by atoms with E-state index in [9.17, 15) is 8.42 Å². The van der Waals surface area contributed by atoms with Gasteiger partial charge in [-0.05, 0) is 48.7 Å². The quantitative estimate of drug-likeness (QED) is 0.731. The van der Waals surface area contributed by atoms with Gasteiger partial charge in [-0.25, -0.2) is 13.6 Å². The SMILES string of the molecule is Cc1ccc2c(c1C)c(-c1ccncc1)c(S(N)(=O)=O)n2C.Cl.Cl. The van der Waals surface area contributed by atoms with Crippen molar-refractivity contribution in [3.05, 3.63) is 47.8 Å². The van der Waals surface area contributed by atoms with E-state index in [-0.39, 0.29) is 29.8 Å². The van der Waals surface area contributed by atoms with Crippen molar-refractivity contribution >= 4 is 45.7 Å². The summed E-state index contributed by atoms with van der Waals surface area (Å²) in [6.07, 6.45) is 3.29. The lowest BCUT2D eigenvalue weighted by Crippen LogP contribution is -2.16. The molecule has 2 heterocycles. The predicted molar refractivity (Wildman–Crippen MR) is 101 cm³/mol. The molecule has 0 aliphatic heterocycles. The fourth-order valence-corrected chi connectivity index (χ4v) is 3.88. The van der Waals surface area contributed by atoms with Crippen LogP contribution in [0.1, 0.15) is 11.1 Å². The third-order valence-corrected chi connectivity index (χ3v) is 5.10. The predicted octanol–water partition coefficient (Wildman–Crippen LogP) is 3.35. The molecule has 0 amide bonds. The molecule has 0 aliphatic rings. The summed E-state index contributed by atoms with van der Waals surface area (Å²) in [6, 6.07) is 7.51.